The van der Waals surface area contributed by atoms with Crippen molar-refractivity contribution in [1.29, 1.82) is 0 Å². The highest BCUT2D eigenvalue weighted by Crippen LogP contribution is 2.26. The van der Waals surface area contributed by atoms with Gasteiger partial charge >= 0.3 is 0 Å². The van der Waals surface area contributed by atoms with Crippen molar-refractivity contribution in [2.24, 2.45) is 0 Å². The quantitative estimate of drug-likeness (QED) is 0.531. The van der Waals surface area contributed by atoms with Gasteiger partial charge in [-0.1, -0.05) is 34.1 Å². The lowest BCUT2D eigenvalue weighted by molar-refractivity contribution is -0.129. The molecule has 3 rings (SSSR count). The van der Waals surface area contributed by atoms with Gasteiger partial charge in [0, 0.05) is 15.4 Å². The minimum atomic E-state index is -0.439. The van der Waals surface area contributed by atoms with Gasteiger partial charge in [0.25, 0.3) is 5.91 Å². The van der Waals surface area contributed by atoms with Crippen molar-refractivity contribution in [2.45, 2.75) is 20.3 Å². The van der Waals surface area contributed by atoms with E-state index < -0.39 is 5.91 Å². The maximum atomic E-state index is 12.1. The summed E-state index contributed by atoms with van der Waals surface area (Å²) in [5.41, 5.74) is 8.47. The van der Waals surface area contributed by atoms with Crippen LogP contribution in [0, 0.1) is 13.8 Å². The lowest BCUT2D eigenvalue weighted by Crippen LogP contribution is -2.44. The lowest BCUT2D eigenvalue weighted by Gasteiger charge is -2.09. The van der Waals surface area contributed by atoms with E-state index in [9.17, 15) is 9.59 Å². The van der Waals surface area contributed by atoms with E-state index in [-0.39, 0.29) is 18.9 Å². The van der Waals surface area contributed by atoms with Crippen LogP contribution in [0.1, 0.15) is 16.8 Å². The van der Waals surface area contributed by atoms with Crippen LogP contribution in [-0.4, -0.2) is 23.4 Å². The third kappa shape index (κ3) is 6.40. The molecule has 0 atom stereocenters. The summed E-state index contributed by atoms with van der Waals surface area (Å²) in [4.78, 5) is 28.4. The molecule has 0 aliphatic carbocycles. The predicted octanol–water partition coefficient (Wildman–Crippen LogP) is 3.96. The van der Waals surface area contributed by atoms with Gasteiger partial charge < -0.3 is 4.74 Å². The summed E-state index contributed by atoms with van der Waals surface area (Å²) >= 11 is 4.90. The van der Waals surface area contributed by atoms with Crippen LogP contribution in [0.25, 0.3) is 10.6 Å². The van der Waals surface area contributed by atoms with Crippen LogP contribution in [-0.2, 0) is 16.0 Å². The van der Waals surface area contributed by atoms with Gasteiger partial charge in [0.2, 0.25) is 5.91 Å². The first-order valence-electron chi connectivity index (χ1n) is 8.88. The van der Waals surface area contributed by atoms with Crippen molar-refractivity contribution in [2.75, 3.05) is 6.61 Å². The first kappa shape index (κ1) is 21.0. The number of aromatic nitrogens is 1. The first-order valence-corrected chi connectivity index (χ1v) is 10.6. The lowest BCUT2D eigenvalue weighted by atomic mass is 10.1. The molecule has 0 saturated heterocycles. The summed E-state index contributed by atoms with van der Waals surface area (Å²) in [6, 6.07) is 13.5. The Kier molecular flexibility index (Phi) is 7.00. The summed E-state index contributed by atoms with van der Waals surface area (Å²) in [5.74, 6) is -0.173. The van der Waals surface area contributed by atoms with Gasteiger partial charge in [-0.25, -0.2) is 4.98 Å². The van der Waals surface area contributed by atoms with Crippen LogP contribution < -0.4 is 15.6 Å². The molecular formula is C21H20BrN3O3S. The van der Waals surface area contributed by atoms with Crippen molar-refractivity contribution < 1.29 is 14.3 Å². The Morgan fingerprint density at radius 3 is 2.52 bits per heavy atom. The number of aryl methyl sites for hydroxylation is 2. The molecule has 0 saturated carbocycles. The van der Waals surface area contributed by atoms with E-state index in [1.165, 1.54) is 11.3 Å². The highest BCUT2D eigenvalue weighted by molar-refractivity contribution is 9.10. The molecule has 0 fully saturated rings. The van der Waals surface area contributed by atoms with Gasteiger partial charge in [0.15, 0.2) is 6.61 Å². The van der Waals surface area contributed by atoms with Gasteiger partial charge in [-0.15, -0.1) is 11.3 Å². The molecular weight excluding hydrogens is 454 g/mol. The fourth-order valence-electron chi connectivity index (χ4n) is 2.69. The van der Waals surface area contributed by atoms with E-state index in [0.717, 1.165) is 26.2 Å². The number of hydrogen-bond donors (Lipinski definition) is 2. The number of rotatable bonds is 6. The van der Waals surface area contributed by atoms with Gasteiger partial charge in [-0.2, -0.15) is 0 Å². The van der Waals surface area contributed by atoms with Crippen molar-refractivity contribution >= 4 is 39.1 Å². The Morgan fingerprint density at radius 2 is 1.79 bits per heavy atom. The Balaban J connectivity index is 1.45. The molecule has 150 valence electrons. The molecule has 6 nitrogen and oxygen atoms in total. The summed E-state index contributed by atoms with van der Waals surface area (Å²) in [6.07, 6.45) is 0.0721. The minimum absolute atomic E-state index is 0.0721. The second-order valence-corrected chi connectivity index (χ2v) is 8.31. The number of hydrogen-bond acceptors (Lipinski definition) is 5. The van der Waals surface area contributed by atoms with E-state index in [4.69, 9.17) is 4.74 Å². The van der Waals surface area contributed by atoms with Gasteiger partial charge in [-0.05, 0) is 49.2 Å². The van der Waals surface area contributed by atoms with Crippen LogP contribution in [0.15, 0.2) is 52.3 Å². The highest BCUT2D eigenvalue weighted by Gasteiger charge is 2.11. The summed E-state index contributed by atoms with van der Waals surface area (Å²) < 4.78 is 6.43. The molecule has 0 aliphatic rings. The molecule has 2 aromatic carbocycles. The fraction of sp³-hybridized carbons (Fsp3) is 0.190. The zero-order valence-corrected chi connectivity index (χ0v) is 18.4. The molecule has 0 bridgehead atoms. The molecule has 2 amide bonds. The van der Waals surface area contributed by atoms with Crippen molar-refractivity contribution in [3.8, 4) is 16.3 Å². The Morgan fingerprint density at radius 1 is 1.07 bits per heavy atom. The Hall–Kier alpha value is -2.71. The molecule has 3 aromatic rings. The van der Waals surface area contributed by atoms with Crippen LogP contribution >= 0.6 is 27.3 Å². The maximum absolute atomic E-state index is 12.1. The predicted molar refractivity (Wildman–Crippen MR) is 117 cm³/mol. The highest BCUT2D eigenvalue weighted by atomic mass is 79.9. The van der Waals surface area contributed by atoms with Crippen LogP contribution in [0.3, 0.4) is 0 Å². The normalized spacial score (nSPS) is 10.4. The monoisotopic (exact) mass is 473 g/mol. The van der Waals surface area contributed by atoms with Crippen LogP contribution in [0.4, 0.5) is 0 Å². The number of amides is 2. The maximum Gasteiger partial charge on any atom is 0.276 e. The molecule has 1 heterocycles. The third-order valence-corrected chi connectivity index (χ3v) is 5.30. The average molecular weight is 474 g/mol. The number of thiazole rings is 1. The van der Waals surface area contributed by atoms with E-state index in [1.54, 1.807) is 0 Å². The van der Waals surface area contributed by atoms with E-state index in [2.05, 4.69) is 31.8 Å². The van der Waals surface area contributed by atoms with Crippen molar-refractivity contribution in [3.05, 3.63) is 69.1 Å². The Bertz CT molecular complexity index is 1020. The topological polar surface area (TPSA) is 80.3 Å². The zero-order chi connectivity index (χ0) is 20.8. The molecule has 0 unspecified atom stereocenters. The molecule has 2 N–H and O–H groups in total. The second kappa shape index (κ2) is 9.67. The smallest absolute Gasteiger partial charge is 0.276 e. The van der Waals surface area contributed by atoms with Crippen molar-refractivity contribution in [1.82, 2.24) is 15.8 Å². The SMILES string of the molecule is Cc1cc(C)cc(OCC(=O)NNC(=O)Cc2csc(-c3cccc(Br)c3)n2)c1. The fourth-order valence-corrected chi connectivity index (χ4v) is 3.91. The van der Waals surface area contributed by atoms with Gasteiger partial charge in [-0.3, -0.25) is 20.4 Å². The van der Waals surface area contributed by atoms with E-state index in [0.29, 0.717) is 11.4 Å². The molecule has 0 radical (unpaired) electrons. The number of nitrogens with one attached hydrogen (secondary N) is 2. The largest absolute Gasteiger partial charge is 0.484 e. The number of benzene rings is 2. The van der Waals surface area contributed by atoms with Crippen LogP contribution in [0.5, 0.6) is 5.75 Å². The summed E-state index contributed by atoms with van der Waals surface area (Å²) in [6.45, 7) is 3.73. The van der Waals surface area contributed by atoms with Crippen LogP contribution in [0.2, 0.25) is 0 Å². The number of halogens is 1. The summed E-state index contributed by atoms with van der Waals surface area (Å²) in [7, 11) is 0. The molecule has 29 heavy (non-hydrogen) atoms. The number of ether oxygens (including phenoxy) is 1. The molecule has 8 heteroatoms. The minimum Gasteiger partial charge on any atom is -0.484 e. The van der Waals surface area contributed by atoms with Crippen molar-refractivity contribution in [3.63, 3.8) is 0 Å². The number of nitrogens with zero attached hydrogens (tertiary/aromatic N) is 1. The standard InChI is InChI=1S/C21H20BrN3O3S/c1-13-6-14(2)8-18(7-13)28-11-20(27)25-24-19(26)10-17-12-29-21(23-17)15-4-3-5-16(22)9-15/h3-9,12H,10-11H2,1-2H3,(H,24,26)(H,25,27). The van der Waals surface area contributed by atoms with E-state index in [1.807, 2.05) is 61.7 Å². The molecule has 0 aliphatic heterocycles. The molecule has 1 aromatic heterocycles. The number of hydrazine groups is 1. The third-order valence-electron chi connectivity index (χ3n) is 3.87. The Labute approximate surface area is 181 Å². The zero-order valence-electron chi connectivity index (χ0n) is 16.0. The van der Waals surface area contributed by atoms with E-state index >= 15 is 0 Å². The summed E-state index contributed by atoms with van der Waals surface area (Å²) in [5, 5.41) is 2.67. The second-order valence-electron chi connectivity index (χ2n) is 6.54. The first-order chi connectivity index (χ1) is 13.9. The average Bonchev–Trinajstić information content (AvgIpc) is 3.12. The number of carbonyl (C=O) groups is 2. The van der Waals surface area contributed by atoms with Gasteiger partial charge in [0.1, 0.15) is 10.8 Å². The number of carbonyl (C=O) groups excluding carboxylic acids is 2. The molecule has 0 spiro atoms. The van der Waals surface area contributed by atoms with Gasteiger partial charge in [0.05, 0.1) is 12.1 Å².